The van der Waals surface area contributed by atoms with Gasteiger partial charge in [0.1, 0.15) is 0 Å². The highest BCUT2D eigenvalue weighted by Crippen LogP contribution is 2.31. The zero-order chi connectivity index (χ0) is 13.0. The Morgan fingerprint density at radius 3 is 2.44 bits per heavy atom. The third-order valence-corrected chi connectivity index (χ3v) is 3.38. The normalized spacial score (nSPS) is 14.2. The first-order valence-electron chi connectivity index (χ1n) is 6.44. The summed E-state index contributed by atoms with van der Waals surface area (Å²) in [4.78, 5) is 4.24. The molecule has 0 fully saturated rings. The van der Waals surface area contributed by atoms with Gasteiger partial charge in [-0.3, -0.25) is 4.98 Å². The molecular formula is C16H20N2. The van der Waals surface area contributed by atoms with Crippen LogP contribution in [-0.2, 0) is 0 Å². The Morgan fingerprint density at radius 2 is 1.83 bits per heavy atom. The lowest BCUT2D eigenvalue weighted by molar-refractivity contribution is 0.537. The van der Waals surface area contributed by atoms with Crippen LogP contribution in [0.25, 0.3) is 0 Å². The van der Waals surface area contributed by atoms with Gasteiger partial charge >= 0.3 is 0 Å². The molecule has 2 nitrogen and oxygen atoms in total. The number of aryl methyl sites for hydroxylation is 1. The number of nitrogens with zero attached hydrogens (tertiary/aromatic N) is 1. The second-order valence-electron chi connectivity index (χ2n) is 4.75. The number of benzene rings is 1. The summed E-state index contributed by atoms with van der Waals surface area (Å²) >= 11 is 0. The SMILES string of the molecule is CCC(c1ccccc1)C(N)c1cncc(C)c1. The zero-order valence-electron chi connectivity index (χ0n) is 11.0. The van der Waals surface area contributed by atoms with Crippen LogP contribution in [0.1, 0.15) is 42.0 Å². The molecule has 0 bridgehead atoms. The van der Waals surface area contributed by atoms with Crippen LogP contribution in [0.3, 0.4) is 0 Å². The maximum absolute atomic E-state index is 6.41. The predicted molar refractivity (Wildman–Crippen MR) is 75.4 cm³/mol. The summed E-state index contributed by atoms with van der Waals surface area (Å²) in [7, 11) is 0. The minimum Gasteiger partial charge on any atom is -0.323 e. The van der Waals surface area contributed by atoms with Crippen molar-refractivity contribution in [1.29, 1.82) is 0 Å². The summed E-state index contributed by atoms with van der Waals surface area (Å²) in [6.07, 6.45) is 4.77. The maximum atomic E-state index is 6.41. The van der Waals surface area contributed by atoms with Crippen molar-refractivity contribution in [2.75, 3.05) is 0 Å². The number of aromatic nitrogens is 1. The minimum atomic E-state index is 0.00444. The van der Waals surface area contributed by atoms with Crippen LogP contribution in [0.5, 0.6) is 0 Å². The number of hydrogen-bond donors (Lipinski definition) is 1. The second kappa shape index (κ2) is 5.78. The molecule has 0 spiro atoms. The second-order valence-corrected chi connectivity index (χ2v) is 4.75. The fraction of sp³-hybridized carbons (Fsp3) is 0.312. The van der Waals surface area contributed by atoms with E-state index in [0.29, 0.717) is 5.92 Å². The molecule has 2 unspecified atom stereocenters. The Morgan fingerprint density at radius 1 is 1.11 bits per heavy atom. The lowest BCUT2D eigenvalue weighted by Crippen LogP contribution is -2.19. The molecule has 1 heterocycles. The van der Waals surface area contributed by atoms with E-state index < -0.39 is 0 Å². The summed E-state index contributed by atoms with van der Waals surface area (Å²) in [5.74, 6) is 0.342. The molecule has 0 aliphatic rings. The van der Waals surface area contributed by atoms with Crippen molar-refractivity contribution in [1.82, 2.24) is 4.98 Å². The van der Waals surface area contributed by atoms with E-state index in [-0.39, 0.29) is 6.04 Å². The van der Waals surface area contributed by atoms with E-state index in [2.05, 4.69) is 42.2 Å². The Kier molecular flexibility index (Phi) is 4.11. The fourth-order valence-electron chi connectivity index (χ4n) is 2.39. The number of rotatable bonds is 4. The first-order valence-corrected chi connectivity index (χ1v) is 6.44. The van der Waals surface area contributed by atoms with Crippen molar-refractivity contribution < 1.29 is 0 Å². The van der Waals surface area contributed by atoms with Crippen LogP contribution in [0.2, 0.25) is 0 Å². The monoisotopic (exact) mass is 240 g/mol. The van der Waals surface area contributed by atoms with Gasteiger partial charge < -0.3 is 5.73 Å². The first-order chi connectivity index (χ1) is 8.72. The molecule has 2 aromatic rings. The van der Waals surface area contributed by atoms with Crippen molar-refractivity contribution in [3.05, 3.63) is 65.5 Å². The van der Waals surface area contributed by atoms with Crippen LogP contribution in [0, 0.1) is 6.92 Å². The van der Waals surface area contributed by atoms with Crippen LogP contribution in [-0.4, -0.2) is 4.98 Å². The van der Waals surface area contributed by atoms with Gasteiger partial charge in [0.05, 0.1) is 0 Å². The van der Waals surface area contributed by atoms with Crippen molar-refractivity contribution in [3.63, 3.8) is 0 Å². The van der Waals surface area contributed by atoms with Gasteiger partial charge in [-0.25, -0.2) is 0 Å². The summed E-state index contributed by atoms with van der Waals surface area (Å²) < 4.78 is 0. The quantitative estimate of drug-likeness (QED) is 0.887. The molecule has 2 atom stereocenters. The third kappa shape index (κ3) is 2.77. The molecule has 1 aromatic carbocycles. The maximum Gasteiger partial charge on any atom is 0.0379 e. The van der Waals surface area contributed by atoms with E-state index >= 15 is 0 Å². The molecule has 1 aromatic heterocycles. The van der Waals surface area contributed by atoms with Gasteiger partial charge in [0.25, 0.3) is 0 Å². The molecule has 2 rings (SSSR count). The fourth-order valence-corrected chi connectivity index (χ4v) is 2.39. The first kappa shape index (κ1) is 12.8. The van der Waals surface area contributed by atoms with Crippen LogP contribution in [0.4, 0.5) is 0 Å². The standard InChI is InChI=1S/C16H20N2/c1-3-15(13-7-5-4-6-8-13)16(17)14-9-12(2)10-18-11-14/h4-11,15-16H,3,17H2,1-2H3. The average molecular weight is 240 g/mol. The summed E-state index contributed by atoms with van der Waals surface area (Å²) in [6.45, 7) is 4.23. The minimum absolute atomic E-state index is 0.00444. The molecule has 0 saturated heterocycles. The van der Waals surface area contributed by atoms with Gasteiger partial charge in [0.15, 0.2) is 0 Å². The van der Waals surface area contributed by atoms with Gasteiger partial charge in [0.2, 0.25) is 0 Å². The summed E-state index contributed by atoms with van der Waals surface area (Å²) in [5, 5.41) is 0. The van der Waals surface area contributed by atoms with E-state index in [0.717, 1.165) is 17.5 Å². The molecule has 0 amide bonds. The molecule has 0 aliphatic heterocycles. The smallest absolute Gasteiger partial charge is 0.0379 e. The van der Waals surface area contributed by atoms with Gasteiger partial charge in [-0.15, -0.1) is 0 Å². The Labute approximate surface area is 109 Å². The summed E-state index contributed by atoms with van der Waals surface area (Å²) in [5.41, 5.74) is 9.99. The molecule has 18 heavy (non-hydrogen) atoms. The highest BCUT2D eigenvalue weighted by atomic mass is 14.7. The zero-order valence-corrected chi connectivity index (χ0v) is 11.0. The molecule has 0 saturated carbocycles. The van der Waals surface area contributed by atoms with E-state index in [9.17, 15) is 0 Å². The Hall–Kier alpha value is -1.67. The lowest BCUT2D eigenvalue weighted by atomic mass is 9.86. The third-order valence-electron chi connectivity index (χ3n) is 3.38. The predicted octanol–water partition coefficient (Wildman–Crippen LogP) is 3.58. The number of hydrogen-bond acceptors (Lipinski definition) is 2. The lowest BCUT2D eigenvalue weighted by Gasteiger charge is -2.23. The van der Waals surface area contributed by atoms with E-state index in [1.54, 1.807) is 0 Å². The van der Waals surface area contributed by atoms with Gasteiger partial charge in [-0.05, 0) is 30.0 Å². The Balaban J connectivity index is 2.28. The summed E-state index contributed by atoms with van der Waals surface area (Å²) in [6, 6.07) is 12.6. The highest BCUT2D eigenvalue weighted by Gasteiger charge is 2.19. The van der Waals surface area contributed by atoms with E-state index in [1.807, 2.05) is 25.4 Å². The van der Waals surface area contributed by atoms with Crippen molar-refractivity contribution in [2.24, 2.45) is 5.73 Å². The molecule has 94 valence electrons. The van der Waals surface area contributed by atoms with E-state index in [1.165, 1.54) is 5.56 Å². The van der Waals surface area contributed by atoms with Crippen LogP contribution in [0.15, 0.2) is 48.8 Å². The van der Waals surface area contributed by atoms with Crippen molar-refractivity contribution >= 4 is 0 Å². The highest BCUT2D eigenvalue weighted by molar-refractivity contribution is 5.27. The molecule has 0 aliphatic carbocycles. The number of nitrogens with two attached hydrogens (primary N) is 1. The topological polar surface area (TPSA) is 38.9 Å². The van der Waals surface area contributed by atoms with Crippen LogP contribution >= 0.6 is 0 Å². The van der Waals surface area contributed by atoms with E-state index in [4.69, 9.17) is 5.73 Å². The van der Waals surface area contributed by atoms with Crippen molar-refractivity contribution in [3.8, 4) is 0 Å². The van der Waals surface area contributed by atoms with Gasteiger partial charge in [0, 0.05) is 24.4 Å². The average Bonchev–Trinajstić information content (AvgIpc) is 2.41. The van der Waals surface area contributed by atoms with Crippen LogP contribution < -0.4 is 5.73 Å². The van der Waals surface area contributed by atoms with Gasteiger partial charge in [-0.1, -0.05) is 43.3 Å². The van der Waals surface area contributed by atoms with Crippen molar-refractivity contribution in [2.45, 2.75) is 32.2 Å². The molecular weight excluding hydrogens is 220 g/mol. The van der Waals surface area contributed by atoms with Gasteiger partial charge in [-0.2, -0.15) is 0 Å². The number of pyridine rings is 1. The Bertz CT molecular complexity index is 493. The molecule has 2 N–H and O–H groups in total. The molecule has 0 radical (unpaired) electrons. The molecule has 2 heteroatoms. The largest absolute Gasteiger partial charge is 0.323 e.